The van der Waals surface area contributed by atoms with Crippen LogP contribution in [0.15, 0.2) is 48.5 Å². The average molecular weight is 678 g/mol. The quantitative estimate of drug-likeness (QED) is 0.308. The zero-order valence-electron chi connectivity index (χ0n) is 19.7. The van der Waals surface area contributed by atoms with Gasteiger partial charge in [-0.2, -0.15) is 0 Å². The molecule has 0 amide bonds. The number of hydrogen-bond acceptors (Lipinski definition) is 2. The van der Waals surface area contributed by atoms with Crippen LogP contribution < -0.4 is 7.02 Å². The van der Waals surface area contributed by atoms with E-state index in [1.165, 1.54) is 12.1 Å². The molecule has 0 saturated heterocycles. The zero-order valence-corrected chi connectivity index (χ0v) is 22.2. The molecule has 1 heterocycles. The molecule has 2 aromatic rings. The number of rotatable bonds is 3. The summed E-state index contributed by atoms with van der Waals surface area (Å²) in [5, 5.41) is 10.0. The van der Waals surface area contributed by atoms with Crippen LogP contribution in [-0.4, -0.2) is 54.6 Å². The summed E-state index contributed by atoms with van der Waals surface area (Å²) in [7, 11) is 0. The second-order valence-electron chi connectivity index (χ2n) is 9.84. The molecule has 0 bridgehead atoms. The first-order valence-corrected chi connectivity index (χ1v) is 16.0. The van der Waals surface area contributed by atoms with Gasteiger partial charge in [-0.25, -0.2) is 0 Å². The van der Waals surface area contributed by atoms with Crippen molar-refractivity contribution in [1.29, 1.82) is 0 Å². The summed E-state index contributed by atoms with van der Waals surface area (Å²) in [6, 6.07) is 6.64. The van der Waals surface area contributed by atoms with E-state index in [4.69, 9.17) is 3.02 Å². The maximum atomic E-state index is 14.3. The Labute approximate surface area is 213 Å². The van der Waals surface area contributed by atoms with Gasteiger partial charge in [-0.15, -0.1) is 0 Å². The molecule has 38 heavy (non-hydrogen) atoms. The fourth-order valence-electron chi connectivity index (χ4n) is 4.25. The number of fused-ring (bicyclic) bond motifs is 1. The molecule has 1 aliphatic rings. The third-order valence-corrected chi connectivity index (χ3v) is 17.1. The molecule has 213 valence electrons. The SMILES string of the molecule is CC(C)(C)c1cc[c]([Sb]2([CH2]C(O)(C(F)(F)F)C(F)(F)F)[O]C(C(F)(F)F)(C(F)(F)F)c3cccc[c]32)cc1. The Kier molecular flexibility index (Phi) is 7.25. The van der Waals surface area contributed by atoms with Crippen LogP contribution in [0.4, 0.5) is 52.7 Å². The fraction of sp³-hybridized carbons (Fsp3) is 0.478. The first kappa shape index (κ1) is 30.9. The molecule has 1 atom stereocenters. The molecule has 1 aliphatic heterocycles. The Morgan fingerprint density at radius 2 is 1.16 bits per heavy atom. The van der Waals surface area contributed by atoms with E-state index in [1.807, 2.05) is 0 Å². The van der Waals surface area contributed by atoms with Crippen molar-refractivity contribution in [2.75, 3.05) is 0 Å². The molecular formula is C23H20F12O2Sb. The minimum absolute atomic E-state index is 0.316. The third kappa shape index (κ3) is 4.57. The van der Waals surface area contributed by atoms with Gasteiger partial charge < -0.3 is 0 Å². The summed E-state index contributed by atoms with van der Waals surface area (Å²) in [6.45, 7) is 5.02. The van der Waals surface area contributed by atoms with Crippen LogP contribution >= 0.6 is 0 Å². The molecule has 1 unspecified atom stereocenters. The van der Waals surface area contributed by atoms with Gasteiger partial charge in [-0.3, -0.25) is 0 Å². The van der Waals surface area contributed by atoms with Crippen molar-refractivity contribution in [2.45, 2.75) is 66.5 Å². The van der Waals surface area contributed by atoms with Crippen LogP contribution in [0.2, 0.25) is 4.37 Å². The van der Waals surface area contributed by atoms with E-state index in [9.17, 15) is 57.8 Å². The number of benzene rings is 2. The number of alkyl halides is 12. The van der Waals surface area contributed by atoms with Gasteiger partial charge in [0.1, 0.15) is 0 Å². The predicted molar refractivity (Wildman–Crippen MR) is 113 cm³/mol. The van der Waals surface area contributed by atoms with Crippen LogP contribution in [-0.2, 0) is 14.0 Å². The molecule has 0 aliphatic carbocycles. The van der Waals surface area contributed by atoms with E-state index in [0.29, 0.717) is 17.7 Å². The number of hydrogen-bond donors (Lipinski definition) is 1. The van der Waals surface area contributed by atoms with Crippen molar-refractivity contribution in [3.05, 3.63) is 59.7 Å². The van der Waals surface area contributed by atoms with Crippen LogP contribution in [0.1, 0.15) is 31.9 Å². The zero-order chi connectivity index (χ0) is 29.4. The Morgan fingerprint density at radius 1 is 0.711 bits per heavy atom. The molecule has 2 nitrogen and oxygen atoms in total. The van der Waals surface area contributed by atoms with Gasteiger partial charge in [0.05, 0.1) is 0 Å². The molecule has 0 spiro atoms. The summed E-state index contributed by atoms with van der Waals surface area (Å²) in [5.41, 5.74) is -12.8. The van der Waals surface area contributed by atoms with Gasteiger partial charge >= 0.3 is 213 Å². The van der Waals surface area contributed by atoms with E-state index in [-0.39, 0.29) is 0 Å². The van der Waals surface area contributed by atoms with E-state index in [0.717, 1.165) is 24.3 Å². The molecule has 0 saturated carbocycles. The monoisotopic (exact) mass is 677 g/mol. The van der Waals surface area contributed by atoms with Crippen molar-refractivity contribution in [2.24, 2.45) is 0 Å². The molecule has 2 aromatic carbocycles. The van der Waals surface area contributed by atoms with E-state index < -0.39 is 77.5 Å². The van der Waals surface area contributed by atoms with Crippen LogP contribution in [0.25, 0.3) is 0 Å². The standard InChI is InChI=1S/C10H13.C9H4F6O.C4H3F6O.Sb/c1-10(2,3)9-7-5-4-6-8-9;10-8(11,12)7(16,9(13,14)15)6-4-2-1-3-5-6;1-2(11,3(5,6)7)4(8,9)10;/h5-8H,1-3H3;1-4H;11H,1H2;/q;-1;;+1. The second kappa shape index (κ2) is 8.92. The van der Waals surface area contributed by atoms with Crippen molar-refractivity contribution in [3.8, 4) is 0 Å². The molecule has 3 rings (SSSR count). The van der Waals surface area contributed by atoms with E-state index >= 15 is 0 Å². The molecular weight excluding hydrogens is 658 g/mol. The summed E-state index contributed by atoms with van der Waals surface area (Å²) in [5.74, 6) is 0. The van der Waals surface area contributed by atoms with Crippen molar-refractivity contribution < 1.29 is 60.8 Å². The van der Waals surface area contributed by atoms with Gasteiger partial charge in [-0.1, -0.05) is 0 Å². The third-order valence-electron chi connectivity index (χ3n) is 6.30. The van der Waals surface area contributed by atoms with Crippen molar-refractivity contribution >= 4 is 26.2 Å². The molecule has 0 fully saturated rings. The maximum absolute atomic E-state index is 14.3. The normalized spacial score (nSPS) is 20.9. The van der Waals surface area contributed by atoms with Gasteiger partial charge in [0.2, 0.25) is 0 Å². The minimum atomic E-state index is -6.80. The molecule has 1 N–H and O–H groups in total. The fourth-order valence-corrected chi connectivity index (χ4v) is 16.4. The van der Waals surface area contributed by atoms with Gasteiger partial charge in [-0.05, 0) is 0 Å². The second-order valence-corrected chi connectivity index (χ2v) is 18.3. The number of aliphatic hydroxyl groups is 1. The number of halogens is 12. The van der Waals surface area contributed by atoms with Crippen LogP contribution in [0, 0.1) is 0 Å². The molecule has 1 radical (unpaired) electrons. The Bertz CT molecular complexity index is 1140. The Balaban J connectivity index is 2.49. The first-order valence-electron chi connectivity index (χ1n) is 10.6. The summed E-state index contributed by atoms with van der Waals surface area (Å²) < 4.78 is 168. The molecule has 0 aromatic heterocycles. The average Bonchev–Trinajstić information content (AvgIpc) is 3.04. The van der Waals surface area contributed by atoms with Gasteiger partial charge in [0.25, 0.3) is 0 Å². The summed E-state index contributed by atoms with van der Waals surface area (Å²) >= 11 is -6.80. The Morgan fingerprint density at radius 3 is 1.55 bits per heavy atom. The van der Waals surface area contributed by atoms with E-state index in [1.54, 1.807) is 20.8 Å². The van der Waals surface area contributed by atoms with Crippen LogP contribution in [0.3, 0.4) is 0 Å². The predicted octanol–water partition coefficient (Wildman–Crippen LogP) is 6.25. The van der Waals surface area contributed by atoms with E-state index in [2.05, 4.69) is 0 Å². The van der Waals surface area contributed by atoms with Crippen molar-refractivity contribution in [3.63, 3.8) is 0 Å². The Hall–Kier alpha value is -1.66. The van der Waals surface area contributed by atoms with Gasteiger partial charge in [0, 0.05) is 0 Å². The first-order chi connectivity index (χ1) is 16.9. The topological polar surface area (TPSA) is 29.5 Å². The van der Waals surface area contributed by atoms with Crippen molar-refractivity contribution in [1.82, 2.24) is 0 Å². The van der Waals surface area contributed by atoms with Crippen LogP contribution in [0.5, 0.6) is 0 Å². The van der Waals surface area contributed by atoms with Gasteiger partial charge in [0.15, 0.2) is 0 Å². The molecule has 15 heteroatoms. The summed E-state index contributed by atoms with van der Waals surface area (Å²) in [4.78, 5) is 0. The summed E-state index contributed by atoms with van der Waals surface area (Å²) in [6.07, 6.45) is -25.7.